The number of benzene rings is 1. The molecule has 0 radical (unpaired) electrons. The van der Waals surface area contributed by atoms with Crippen molar-refractivity contribution in [1.29, 1.82) is 0 Å². The molecule has 0 bridgehead atoms. The maximum Gasteiger partial charge on any atom is 0.189 e. The highest BCUT2D eigenvalue weighted by atomic mass is 16.5. The standard InChI is InChI=1S/C17H29N3O2/c1-12-7-8-14(15(9-12)22-17(3,4)5)10-19-16(18)20-13(2)11-21-6/h7-9,13H,10-11H2,1-6H3,(H3,18,19,20). The van der Waals surface area contributed by atoms with Crippen LogP contribution in [-0.4, -0.2) is 31.3 Å². The zero-order valence-electron chi connectivity index (χ0n) is 14.6. The fourth-order valence-electron chi connectivity index (χ4n) is 1.98. The Hall–Kier alpha value is -1.75. The summed E-state index contributed by atoms with van der Waals surface area (Å²) in [5.41, 5.74) is 7.83. The van der Waals surface area contributed by atoms with E-state index in [9.17, 15) is 0 Å². The van der Waals surface area contributed by atoms with Crippen LogP contribution in [0.25, 0.3) is 0 Å². The molecule has 0 fully saturated rings. The number of nitrogens with two attached hydrogens (primary N) is 1. The minimum Gasteiger partial charge on any atom is -0.488 e. The van der Waals surface area contributed by atoms with Gasteiger partial charge in [0.15, 0.2) is 5.96 Å². The highest BCUT2D eigenvalue weighted by molar-refractivity contribution is 5.78. The van der Waals surface area contributed by atoms with E-state index in [4.69, 9.17) is 15.2 Å². The quantitative estimate of drug-likeness (QED) is 0.626. The summed E-state index contributed by atoms with van der Waals surface area (Å²) in [4.78, 5) is 4.38. The molecular weight excluding hydrogens is 278 g/mol. The van der Waals surface area contributed by atoms with Crippen molar-refractivity contribution >= 4 is 5.96 Å². The van der Waals surface area contributed by atoms with Crippen molar-refractivity contribution in [3.8, 4) is 5.75 Å². The van der Waals surface area contributed by atoms with E-state index in [0.29, 0.717) is 19.1 Å². The Morgan fingerprint density at radius 2 is 2.05 bits per heavy atom. The van der Waals surface area contributed by atoms with Gasteiger partial charge >= 0.3 is 0 Å². The van der Waals surface area contributed by atoms with Gasteiger partial charge in [-0.3, -0.25) is 0 Å². The van der Waals surface area contributed by atoms with Gasteiger partial charge in [-0.15, -0.1) is 0 Å². The molecular formula is C17H29N3O2. The molecule has 3 N–H and O–H groups in total. The molecule has 1 aromatic carbocycles. The second-order valence-electron chi connectivity index (χ2n) is 6.53. The largest absolute Gasteiger partial charge is 0.488 e. The normalized spacial score (nSPS) is 13.8. The molecule has 0 aliphatic rings. The minimum absolute atomic E-state index is 0.122. The third-order valence-corrected chi connectivity index (χ3v) is 2.87. The van der Waals surface area contributed by atoms with E-state index in [0.717, 1.165) is 16.9 Å². The number of guanidine groups is 1. The van der Waals surface area contributed by atoms with Crippen LogP contribution in [0.1, 0.15) is 38.8 Å². The first-order valence-electron chi connectivity index (χ1n) is 7.55. The van der Waals surface area contributed by atoms with Crippen molar-refractivity contribution in [2.75, 3.05) is 13.7 Å². The third kappa shape index (κ3) is 6.80. The number of nitrogens with one attached hydrogen (secondary N) is 1. The van der Waals surface area contributed by atoms with Crippen molar-refractivity contribution in [3.05, 3.63) is 29.3 Å². The SMILES string of the molecule is COCC(C)NC(N)=NCc1ccc(C)cc1OC(C)(C)C. The molecule has 5 nitrogen and oxygen atoms in total. The van der Waals surface area contributed by atoms with Gasteiger partial charge in [0.2, 0.25) is 0 Å². The Morgan fingerprint density at radius 3 is 2.64 bits per heavy atom. The summed E-state index contributed by atoms with van der Waals surface area (Å²) in [6.45, 7) is 11.2. The van der Waals surface area contributed by atoms with Crippen molar-refractivity contribution < 1.29 is 9.47 Å². The zero-order chi connectivity index (χ0) is 16.8. The molecule has 0 amide bonds. The number of aryl methyl sites for hydroxylation is 1. The Bertz CT molecular complexity index is 507. The highest BCUT2D eigenvalue weighted by Crippen LogP contribution is 2.25. The molecule has 0 aliphatic heterocycles. The highest BCUT2D eigenvalue weighted by Gasteiger charge is 2.14. The van der Waals surface area contributed by atoms with Gasteiger partial charge in [-0.05, 0) is 46.2 Å². The lowest BCUT2D eigenvalue weighted by atomic mass is 10.1. The molecule has 0 saturated heterocycles. The van der Waals surface area contributed by atoms with E-state index in [1.54, 1.807) is 7.11 Å². The summed E-state index contributed by atoms with van der Waals surface area (Å²) in [5, 5.41) is 3.09. The van der Waals surface area contributed by atoms with Crippen LogP contribution < -0.4 is 15.8 Å². The molecule has 0 spiro atoms. The average Bonchev–Trinajstić information content (AvgIpc) is 2.36. The molecule has 0 saturated carbocycles. The van der Waals surface area contributed by atoms with Crippen molar-refractivity contribution in [3.63, 3.8) is 0 Å². The van der Waals surface area contributed by atoms with Gasteiger partial charge in [0, 0.05) is 18.7 Å². The predicted molar refractivity (Wildman–Crippen MR) is 91.4 cm³/mol. The molecule has 0 aromatic heterocycles. The van der Waals surface area contributed by atoms with Crippen molar-refractivity contribution in [2.45, 2.75) is 52.8 Å². The summed E-state index contributed by atoms with van der Waals surface area (Å²) < 4.78 is 11.1. The number of hydrogen-bond donors (Lipinski definition) is 2. The van der Waals surface area contributed by atoms with Gasteiger partial charge in [-0.1, -0.05) is 12.1 Å². The lowest BCUT2D eigenvalue weighted by Gasteiger charge is -2.23. The van der Waals surface area contributed by atoms with Gasteiger partial charge < -0.3 is 20.5 Å². The van der Waals surface area contributed by atoms with Gasteiger partial charge in [0.1, 0.15) is 11.4 Å². The number of methoxy groups -OCH3 is 1. The Kier molecular flexibility index (Phi) is 6.68. The van der Waals surface area contributed by atoms with Crippen LogP contribution in [0.5, 0.6) is 5.75 Å². The van der Waals surface area contributed by atoms with Gasteiger partial charge in [-0.2, -0.15) is 0 Å². The molecule has 5 heteroatoms. The Labute approximate surface area is 133 Å². The molecule has 0 aliphatic carbocycles. The summed E-state index contributed by atoms with van der Waals surface area (Å²) in [6, 6.07) is 6.24. The Balaban J connectivity index is 2.80. The van der Waals surface area contributed by atoms with Gasteiger partial charge in [0.25, 0.3) is 0 Å². The van der Waals surface area contributed by atoms with Crippen LogP contribution in [0.15, 0.2) is 23.2 Å². The number of hydrogen-bond acceptors (Lipinski definition) is 3. The minimum atomic E-state index is -0.247. The third-order valence-electron chi connectivity index (χ3n) is 2.87. The van der Waals surface area contributed by atoms with Crippen LogP contribution in [0.3, 0.4) is 0 Å². The molecule has 1 aromatic rings. The molecule has 0 heterocycles. The maximum atomic E-state index is 6.02. The monoisotopic (exact) mass is 307 g/mol. The number of ether oxygens (including phenoxy) is 2. The number of aliphatic imine (C=N–C) groups is 1. The Morgan fingerprint density at radius 1 is 1.36 bits per heavy atom. The second-order valence-corrected chi connectivity index (χ2v) is 6.53. The summed E-state index contributed by atoms with van der Waals surface area (Å²) >= 11 is 0. The predicted octanol–water partition coefficient (Wildman–Crippen LogP) is 2.61. The summed E-state index contributed by atoms with van der Waals surface area (Å²) in [7, 11) is 1.66. The van der Waals surface area contributed by atoms with Crippen LogP contribution in [0.2, 0.25) is 0 Å². The van der Waals surface area contributed by atoms with Crippen LogP contribution in [0, 0.1) is 6.92 Å². The molecule has 124 valence electrons. The fraction of sp³-hybridized carbons (Fsp3) is 0.588. The molecule has 1 rings (SSSR count). The average molecular weight is 307 g/mol. The van der Waals surface area contributed by atoms with Gasteiger partial charge in [0.05, 0.1) is 13.2 Å². The van der Waals surface area contributed by atoms with Crippen molar-refractivity contribution in [1.82, 2.24) is 5.32 Å². The van der Waals surface area contributed by atoms with E-state index in [2.05, 4.69) is 16.4 Å². The maximum absolute atomic E-state index is 6.02. The fourth-order valence-corrected chi connectivity index (χ4v) is 1.98. The smallest absolute Gasteiger partial charge is 0.189 e. The molecule has 1 atom stereocenters. The molecule has 1 unspecified atom stereocenters. The van der Waals surface area contributed by atoms with E-state index < -0.39 is 0 Å². The molecule has 22 heavy (non-hydrogen) atoms. The lowest BCUT2D eigenvalue weighted by Crippen LogP contribution is -2.40. The van der Waals surface area contributed by atoms with Crippen molar-refractivity contribution in [2.24, 2.45) is 10.7 Å². The first-order valence-corrected chi connectivity index (χ1v) is 7.55. The van der Waals surface area contributed by atoms with E-state index >= 15 is 0 Å². The van der Waals surface area contributed by atoms with E-state index in [1.807, 2.05) is 46.8 Å². The van der Waals surface area contributed by atoms with Crippen LogP contribution in [-0.2, 0) is 11.3 Å². The first-order chi connectivity index (χ1) is 10.2. The topological polar surface area (TPSA) is 68.9 Å². The van der Waals surface area contributed by atoms with Crippen LogP contribution >= 0.6 is 0 Å². The second kappa shape index (κ2) is 8.03. The van der Waals surface area contributed by atoms with E-state index in [1.165, 1.54) is 0 Å². The summed E-state index contributed by atoms with van der Waals surface area (Å²) in [6.07, 6.45) is 0. The first kappa shape index (κ1) is 18.3. The number of rotatable bonds is 6. The zero-order valence-corrected chi connectivity index (χ0v) is 14.6. The van der Waals surface area contributed by atoms with Gasteiger partial charge in [-0.25, -0.2) is 4.99 Å². The van der Waals surface area contributed by atoms with E-state index in [-0.39, 0.29) is 11.6 Å². The van der Waals surface area contributed by atoms with Crippen LogP contribution in [0.4, 0.5) is 0 Å². The number of nitrogens with zero attached hydrogens (tertiary/aromatic N) is 1. The lowest BCUT2D eigenvalue weighted by molar-refractivity contribution is 0.129. The summed E-state index contributed by atoms with van der Waals surface area (Å²) in [5.74, 6) is 1.26.